The van der Waals surface area contributed by atoms with Crippen molar-refractivity contribution < 1.29 is 22.3 Å². The Labute approximate surface area is 237 Å². The van der Waals surface area contributed by atoms with Crippen LogP contribution < -0.4 is 0 Å². The van der Waals surface area contributed by atoms with E-state index in [1.807, 2.05) is 6.07 Å². The summed E-state index contributed by atoms with van der Waals surface area (Å²) in [6.07, 6.45) is 8.44. The summed E-state index contributed by atoms with van der Waals surface area (Å²) in [6.45, 7) is 6.74. The SMILES string of the molecule is Cc1cc(-c2ncc(CC(C)C)c3ccc(C4CCCC4)cc23)c2oc3ccccc3c2c1.[CH3-].[CH3-].[Cl][Ir+2]. The Kier molecular flexibility index (Phi) is 9.98. The van der Waals surface area contributed by atoms with Gasteiger partial charge in [0, 0.05) is 27.9 Å². The predicted molar refractivity (Wildman–Crippen MR) is 158 cm³/mol. The fraction of sp³-hybridized carbons (Fsp3) is 0.303. The van der Waals surface area contributed by atoms with E-state index >= 15 is 0 Å². The maximum atomic E-state index is 6.43. The van der Waals surface area contributed by atoms with E-state index in [0.29, 0.717) is 11.8 Å². The summed E-state index contributed by atoms with van der Waals surface area (Å²) in [5, 5.41) is 4.95. The second kappa shape index (κ2) is 12.6. The normalized spacial score (nSPS) is 13.5. The number of furan rings is 1. The van der Waals surface area contributed by atoms with E-state index in [-0.39, 0.29) is 14.9 Å². The molecule has 0 N–H and O–H groups in total. The summed E-state index contributed by atoms with van der Waals surface area (Å²) in [5.74, 6) is 1.27. The van der Waals surface area contributed by atoms with Crippen molar-refractivity contribution in [2.24, 2.45) is 5.92 Å². The topological polar surface area (TPSA) is 26.0 Å². The first-order valence-corrected chi connectivity index (χ1v) is 15.5. The quantitative estimate of drug-likeness (QED) is 0.175. The van der Waals surface area contributed by atoms with Crippen molar-refractivity contribution in [2.45, 2.75) is 58.8 Å². The summed E-state index contributed by atoms with van der Waals surface area (Å²) in [7, 11) is 4.64. The van der Waals surface area contributed by atoms with Crippen molar-refractivity contribution in [1.29, 1.82) is 0 Å². The van der Waals surface area contributed by atoms with Crippen LogP contribution in [0.1, 0.15) is 62.1 Å². The molecule has 196 valence electrons. The molecule has 37 heavy (non-hydrogen) atoms. The molecule has 0 amide bonds. The van der Waals surface area contributed by atoms with Crippen LogP contribution in [0.3, 0.4) is 0 Å². The van der Waals surface area contributed by atoms with Gasteiger partial charge in [-0.2, -0.15) is 0 Å². The Morgan fingerprint density at radius 3 is 2.38 bits per heavy atom. The molecule has 2 aromatic heterocycles. The predicted octanol–water partition coefficient (Wildman–Crippen LogP) is 10.6. The number of nitrogens with zero attached hydrogens (tertiary/aromatic N) is 1. The van der Waals surface area contributed by atoms with Crippen LogP contribution in [0.4, 0.5) is 0 Å². The van der Waals surface area contributed by atoms with E-state index in [0.717, 1.165) is 28.8 Å². The zero-order valence-corrected chi connectivity index (χ0v) is 25.7. The van der Waals surface area contributed by atoms with Gasteiger partial charge in [-0.25, -0.2) is 0 Å². The second-order valence-electron chi connectivity index (χ2n) is 10.3. The molecule has 0 radical (unpaired) electrons. The number of para-hydroxylation sites is 1. The summed E-state index contributed by atoms with van der Waals surface area (Å²) in [6, 6.07) is 20.0. The van der Waals surface area contributed by atoms with Crippen LogP contribution in [0.2, 0.25) is 0 Å². The van der Waals surface area contributed by atoms with Crippen LogP contribution in [0.5, 0.6) is 0 Å². The van der Waals surface area contributed by atoms with Crippen molar-refractivity contribution in [3.63, 3.8) is 0 Å². The Bertz CT molecular complexity index is 1500. The van der Waals surface area contributed by atoms with E-state index in [2.05, 4.69) is 85.1 Å². The number of benzene rings is 3. The third kappa shape index (κ3) is 5.65. The van der Waals surface area contributed by atoms with E-state index in [4.69, 9.17) is 9.40 Å². The first kappa shape index (κ1) is 29.4. The molecular formula is C33H37ClIrNO. The summed E-state index contributed by atoms with van der Waals surface area (Å²) in [5.41, 5.74) is 8.08. The van der Waals surface area contributed by atoms with Crippen LogP contribution in [0.15, 0.2) is 65.2 Å². The van der Waals surface area contributed by atoms with Crippen LogP contribution in [-0.4, -0.2) is 4.98 Å². The molecule has 4 heteroatoms. The number of hydrogen-bond donors (Lipinski definition) is 0. The van der Waals surface area contributed by atoms with Gasteiger partial charge in [-0.15, -0.1) is 0 Å². The minimum atomic E-state index is 0. The summed E-state index contributed by atoms with van der Waals surface area (Å²) in [4.78, 5) is 5.10. The van der Waals surface area contributed by atoms with Crippen LogP contribution in [0.25, 0.3) is 44.0 Å². The molecular weight excluding hydrogens is 654 g/mol. The molecule has 2 nitrogen and oxygen atoms in total. The summed E-state index contributed by atoms with van der Waals surface area (Å²) >= 11 is 1.47. The molecule has 0 saturated heterocycles. The van der Waals surface area contributed by atoms with Crippen molar-refractivity contribution in [3.8, 4) is 11.3 Å². The monoisotopic (exact) mass is 691 g/mol. The molecule has 1 aliphatic carbocycles. The Morgan fingerprint density at radius 2 is 1.65 bits per heavy atom. The van der Waals surface area contributed by atoms with Gasteiger partial charge in [0.2, 0.25) is 0 Å². The van der Waals surface area contributed by atoms with Crippen molar-refractivity contribution in [3.05, 3.63) is 92.3 Å². The number of aromatic nitrogens is 1. The van der Waals surface area contributed by atoms with E-state index in [9.17, 15) is 0 Å². The standard InChI is InChI=1S/C31H31NO.2CH3.ClH.Ir/c1-19(2)14-23-18-32-30(26-17-22(12-13-24(23)26)21-8-4-5-9-21)28-16-20(3)15-27-25-10-6-7-11-29(25)33-31(27)28;;;;/h6-7,10-13,15-19,21H,4-5,8-9,14H2,1-3H3;2*1H3;1H;/q;2*-1;;+3/p-1. The Hall–Kier alpha value is -2.19. The zero-order chi connectivity index (χ0) is 24.5. The first-order chi connectivity index (χ1) is 17.1. The average Bonchev–Trinajstić information content (AvgIpc) is 3.53. The van der Waals surface area contributed by atoms with Gasteiger partial charge in [-0.1, -0.05) is 57.0 Å². The maximum absolute atomic E-state index is 6.43. The molecule has 0 bridgehead atoms. The molecule has 0 atom stereocenters. The fourth-order valence-corrected chi connectivity index (χ4v) is 5.80. The van der Waals surface area contributed by atoms with E-state index in [1.54, 1.807) is 0 Å². The second-order valence-corrected chi connectivity index (χ2v) is 10.3. The van der Waals surface area contributed by atoms with Gasteiger partial charge < -0.3 is 19.3 Å². The Balaban J connectivity index is 0.000000929. The number of hydrogen-bond acceptors (Lipinski definition) is 2. The van der Waals surface area contributed by atoms with Gasteiger partial charge in [0.25, 0.3) is 0 Å². The summed E-state index contributed by atoms with van der Waals surface area (Å²) < 4.78 is 6.43. The van der Waals surface area contributed by atoms with Crippen molar-refractivity contribution in [2.75, 3.05) is 0 Å². The van der Waals surface area contributed by atoms with Gasteiger partial charge in [0.05, 0.1) is 5.69 Å². The van der Waals surface area contributed by atoms with Crippen molar-refractivity contribution in [1.82, 2.24) is 4.98 Å². The molecule has 0 unspecified atom stereocenters. The molecule has 5 aromatic rings. The van der Waals surface area contributed by atoms with Crippen LogP contribution in [0, 0.1) is 27.7 Å². The van der Waals surface area contributed by atoms with Crippen LogP contribution in [-0.2, 0) is 24.3 Å². The molecule has 0 aliphatic heterocycles. The van der Waals surface area contributed by atoms with Gasteiger partial charge in [0.15, 0.2) is 0 Å². The first-order valence-electron chi connectivity index (χ1n) is 12.5. The number of fused-ring (bicyclic) bond motifs is 4. The van der Waals surface area contributed by atoms with Gasteiger partial charge >= 0.3 is 27.5 Å². The third-order valence-electron chi connectivity index (χ3n) is 7.33. The van der Waals surface area contributed by atoms with Gasteiger partial charge in [0.1, 0.15) is 11.2 Å². The van der Waals surface area contributed by atoms with Crippen LogP contribution >= 0.6 is 9.58 Å². The number of rotatable bonds is 4. The molecule has 1 aliphatic rings. The molecule has 1 saturated carbocycles. The van der Waals surface area contributed by atoms with Gasteiger partial charge in [-0.05, 0) is 84.4 Å². The molecule has 1 fully saturated rings. The fourth-order valence-electron chi connectivity index (χ4n) is 5.80. The molecule has 3 aromatic carbocycles. The Morgan fingerprint density at radius 1 is 0.919 bits per heavy atom. The van der Waals surface area contributed by atoms with Gasteiger partial charge in [-0.3, -0.25) is 4.98 Å². The molecule has 6 rings (SSSR count). The van der Waals surface area contributed by atoms with Crippen molar-refractivity contribution >= 4 is 42.3 Å². The zero-order valence-electron chi connectivity index (χ0n) is 22.5. The number of halogens is 1. The molecule has 2 heterocycles. The minimum absolute atomic E-state index is 0. The van der Waals surface area contributed by atoms with E-state index < -0.39 is 0 Å². The molecule has 0 spiro atoms. The number of aryl methyl sites for hydroxylation is 1. The average molecular weight is 691 g/mol. The van der Waals surface area contributed by atoms with E-state index in [1.165, 1.54) is 81.8 Å². The third-order valence-corrected chi connectivity index (χ3v) is 7.33. The number of pyridine rings is 1.